The predicted molar refractivity (Wildman–Crippen MR) is 89.2 cm³/mol. The molecule has 2 heteroatoms. The molecule has 1 fully saturated rings. The SMILES string of the molecule is c1ccc(COCCOc2cccc(C3CCCC3)c2)cc1. The third-order valence-electron chi connectivity index (χ3n) is 4.29. The summed E-state index contributed by atoms with van der Waals surface area (Å²) in [6, 6.07) is 18.8. The van der Waals surface area contributed by atoms with E-state index in [0.717, 1.165) is 11.7 Å². The second-order valence-electron chi connectivity index (χ2n) is 5.94. The van der Waals surface area contributed by atoms with Crippen LogP contribution in [0.2, 0.25) is 0 Å². The van der Waals surface area contributed by atoms with E-state index in [4.69, 9.17) is 9.47 Å². The molecule has 0 amide bonds. The molecule has 0 N–H and O–H groups in total. The lowest BCUT2D eigenvalue weighted by Crippen LogP contribution is -2.07. The van der Waals surface area contributed by atoms with Crippen LogP contribution in [-0.4, -0.2) is 13.2 Å². The molecule has 22 heavy (non-hydrogen) atoms. The third-order valence-corrected chi connectivity index (χ3v) is 4.29. The molecule has 1 saturated carbocycles. The molecular formula is C20H24O2. The summed E-state index contributed by atoms with van der Waals surface area (Å²) in [6.45, 7) is 1.86. The number of hydrogen-bond donors (Lipinski definition) is 0. The zero-order valence-electron chi connectivity index (χ0n) is 13.0. The van der Waals surface area contributed by atoms with Crippen LogP contribution in [0.4, 0.5) is 0 Å². The maximum Gasteiger partial charge on any atom is 0.119 e. The first kappa shape index (κ1) is 15.1. The smallest absolute Gasteiger partial charge is 0.119 e. The van der Waals surface area contributed by atoms with Crippen molar-refractivity contribution in [3.8, 4) is 5.75 Å². The molecule has 1 aliphatic rings. The number of ether oxygens (including phenoxy) is 2. The molecule has 3 rings (SSSR count). The standard InChI is InChI=1S/C20H24O2/c1-2-7-17(8-3-1)16-21-13-14-22-20-12-6-11-19(15-20)18-9-4-5-10-18/h1-3,6-8,11-12,15,18H,4-5,9-10,13-14,16H2. The van der Waals surface area contributed by atoms with Gasteiger partial charge in [-0.05, 0) is 42.0 Å². The average molecular weight is 296 g/mol. The number of benzene rings is 2. The first-order chi connectivity index (χ1) is 10.9. The summed E-state index contributed by atoms with van der Waals surface area (Å²) in [5, 5.41) is 0. The van der Waals surface area contributed by atoms with Gasteiger partial charge in [-0.15, -0.1) is 0 Å². The molecule has 0 saturated heterocycles. The highest BCUT2D eigenvalue weighted by molar-refractivity contribution is 5.31. The van der Waals surface area contributed by atoms with E-state index in [9.17, 15) is 0 Å². The van der Waals surface area contributed by atoms with Gasteiger partial charge in [0, 0.05) is 0 Å². The second-order valence-corrected chi connectivity index (χ2v) is 5.94. The van der Waals surface area contributed by atoms with Crippen molar-refractivity contribution in [2.45, 2.75) is 38.2 Å². The molecule has 0 aliphatic heterocycles. The van der Waals surface area contributed by atoms with E-state index in [-0.39, 0.29) is 0 Å². The molecule has 1 aliphatic carbocycles. The van der Waals surface area contributed by atoms with Crippen LogP contribution in [0.25, 0.3) is 0 Å². The molecule has 2 aromatic carbocycles. The topological polar surface area (TPSA) is 18.5 Å². The van der Waals surface area contributed by atoms with E-state index < -0.39 is 0 Å². The van der Waals surface area contributed by atoms with Crippen molar-refractivity contribution in [1.29, 1.82) is 0 Å². The Morgan fingerprint density at radius 2 is 1.68 bits per heavy atom. The van der Waals surface area contributed by atoms with E-state index in [1.54, 1.807) is 0 Å². The van der Waals surface area contributed by atoms with Crippen molar-refractivity contribution < 1.29 is 9.47 Å². The Hall–Kier alpha value is -1.80. The zero-order valence-corrected chi connectivity index (χ0v) is 13.0. The lowest BCUT2D eigenvalue weighted by atomic mass is 9.98. The quantitative estimate of drug-likeness (QED) is 0.674. The number of hydrogen-bond acceptors (Lipinski definition) is 2. The van der Waals surface area contributed by atoms with Crippen LogP contribution in [0.1, 0.15) is 42.7 Å². The van der Waals surface area contributed by atoms with Gasteiger partial charge in [0.1, 0.15) is 12.4 Å². The monoisotopic (exact) mass is 296 g/mol. The van der Waals surface area contributed by atoms with Crippen LogP contribution >= 0.6 is 0 Å². The van der Waals surface area contributed by atoms with Crippen LogP contribution in [-0.2, 0) is 11.3 Å². The lowest BCUT2D eigenvalue weighted by molar-refractivity contribution is 0.0889. The summed E-state index contributed by atoms with van der Waals surface area (Å²) in [7, 11) is 0. The molecule has 116 valence electrons. The maximum absolute atomic E-state index is 5.82. The Kier molecular flexibility index (Phi) is 5.49. The fourth-order valence-corrected chi connectivity index (χ4v) is 3.10. The highest BCUT2D eigenvalue weighted by Gasteiger charge is 2.17. The molecule has 0 aromatic heterocycles. The van der Waals surface area contributed by atoms with E-state index in [1.807, 2.05) is 24.3 Å². The largest absolute Gasteiger partial charge is 0.491 e. The summed E-state index contributed by atoms with van der Waals surface area (Å²) in [5.41, 5.74) is 2.63. The molecule has 0 heterocycles. The van der Waals surface area contributed by atoms with Crippen molar-refractivity contribution in [2.75, 3.05) is 13.2 Å². The Labute approximate surface area is 133 Å². The molecule has 2 nitrogen and oxygen atoms in total. The van der Waals surface area contributed by atoms with Crippen molar-refractivity contribution in [1.82, 2.24) is 0 Å². The van der Waals surface area contributed by atoms with Gasteiger partial charge in [0.2, 0.25) is 0 Å². The third kappa shape index (κ3) is 4.35. The van der Waals surface area contributed by atoms with Gasteiger partial charge in [-0.3, -0.25) is 0 Å². The molecular weight excluding hydrogens is 272 g/mol. The van der Waals surface area contributed by atoms with Crippen LogP contribution < -0.4 is 4.74 Å². The van der Waals surface area contributed by atoms with Gasteiger partial charge in [-0.1, -0.05) is 55.3 Å². The predicted octanol–water partition coefficient (Wildman–Crippen LogP) is 4.94. The minimum atomic E-state index is 0.598. The minimum absolute atomic E-state index is 0.598. The van der Waals surface area contributed by atoms with Gasteiger partial charge in [0.05, 0.1) is 13.2 Å². The Bertz CT molecular complexity index is 559. The van der Waals surface area contributed by atoms with Crippen LogP contribution in [0, 0.1) is 0 Å². The van der Waals surface area contributed by atoms with Gasteiger partial charge < -0.3 is 9.47 Å². The van der Waals surface area contributed by atoms with Gasteiger partial charge in [0.25, 0.3) is 0 Å². The van der Waals surface area contributed by atoms with E-state index >= 15 is 0 Å². The van der Waals surface area contributed by atoms with Crippen molar-refractivity contribution in [3.05, 3.63) is 65.7 Å². The lowest BCUT2D eigenvalue weighted by Gasteiger charge is -2.12. The Balaban J connectivity index is 1.41. The minimum Gasteiger partial charge on any atom is -0.491 e. The van der Waals surface area contributed by atoms with Gasteiger partial charge in [-0.2, -0.15) is 0 Å². The summed E-state index contributed by atoms with van der Waals surface area (Å²) in [6.07, 6.45) is 5.37. The molecule has 0 bridgehead atoms. The summed E-state index contributed by atoms with van der Waals surface area (Å²) < 4.78 is 11.5. The average Bonchev–Trinajstić information content (AvgIpc) is 3.10. The van der Waals surface area contributed by atoms with Crippen molar-refractivity contribution in [3.63, 3.8) is 0 Å². The van der Waals surface area contributed by atoms with E-state index in [0.29, 0.717) is 19.8 Å². The highest BCUT2D eigenvalue weighted by atomic mass is 16.5. The van der Waals surface area contributed by atoms with Crippen molar-refractivity contribution in [2.24, 2.45) is 0 Å². The molecule has 0 radical (unpaired) electrons. The summed E-state index contributed by atoms with van der Waals surface area (Å²) >= 11 is 0. The first-order valence-electron chi connectivity index (χ1n) is 8.26. The second kappa shape index (κ2) is 8.00. The fourth-order valence-electron chi connectivity index (χ4n) is 3.10. The van der Waals surface area contributed by atoms with E-state index in [2.05, 4.69) is 30.3 Å². The Morgan fingerprint density at radius 3 is 2.50 bits per heavy atom. The van der Waals surface area contributed by atoms with E-state index in [1.165, 1.54) is 36.8 Å². The van der Waals surface area contributed by atoms with Gasteiger partial charge >= 0.3 is 0 Å². The first-order valence-corrected chi connectivity index (χ1v) is 8.26. The Morgan fingerprint density at radius 1 is 0.864 bits per heavy atom. The molecule has 0 spiro atoms. The summed E-state index contributed by atoms with van der Waals surface area (Å²) in [4.78, 5) is 0. The van der Waals surface area contributed by atoms with Gasteiger partial charge in [-0.25, -0.2) is 0 Å². The van der Waals surface area contributed by atoms with Gasteiger partial charge in [0.15, 0.2) is 0 Å². The zero-order chi connectivity index (χ0) is 15.0. The number of rotatable bonds is 7. The molecule has 2 aromatic rings. The molecule has 0 atom stereocenters. The normalized spacial score (nSPS) is 15.1. The summed E-state index contributed by atoms with van der Waals surface area (Å²) in [5.74, 6) is 1.70. The van der Waals surface area contributed by atoms with Crippen LogP contribution in [0.5, 0.6) is 5.75 Å². The maximum atomic E-state index is 5.82. The molecule has 0 unspecified atom stereocenters. The van der Waals surface area contributed by atoms with Crippen molar-refractivity contribution >= 4 is 0 Å². The van der Waals surface area contributed by atoms with Crippen LogP contribution in [0.3, 0.4) is 0 Å². The van der Waals surface area contributed by atoms with Crippen LogP contribution in [0.15, 0.2) is 54.6 Å². The highest BCUT2D eigenvalue weighted by Crippen LogP contribution is 2.35. The fraction of sp³-hybridized carbons (Fsp3) is 0.400.